The molecule has 0 saturated heterocycles. The first-order valence-electron chi connectivity index (χ1n) is 7.10. The first-order chi connectivity index (χ1) is 9.66. The highest BCUT2D eigenvalue weighted by molar-refractivity contribution is 5.44. The maximum absolute atomic E-state index is 10.2. The molecule has 1 aromatic carbocycles. The minimum absolute atomic E-state index is 0.523. The molecule has 0 aliphatic carbocycles. The molecule has 0 saturated carbocycles. The van der Waals surface area contributed by atoms with Crippen molar-refractivity contribution >= 4 is 0 Å². The van der Waals surface area contributed by atoms with E-state index < -0.39 is 6.10 Å². The van der Waals surface area contributed by atoms with E-state index in [1.165, 1.54) is 0 Å². The molecule has 20 heavy (non-hydrogen) atoms. The highest BCUT2D eigenvalue weighted by Gasteiger charge is 2.15. The molecule has 2 rings (SSSR count). The molecular weight excluding hydrogens is 256 g/mol. The Bertz CT molecular complexity index is 424. The highest BCUT2D eigenvalue weighted by Crippen LogP contribution is 2.32. The Morgan fingerprint density at radius 3 is 2.75 bits per heavy atom. The Labute approximate surface area is 120 Å². The van der Waals surface area contributed by atoms with Gasteiger partial charge in [-0.15, -0.1) is 0 Å². The predicted molar refractivity (Wildman–Crippen MR) is 78.4 cm³/mol. The van der Waals surface area contributed by atoms with E-state index in [2.05, 4.69) is 24.3 Å². The third-order valence-corrected chi connectivity index (χ3v) is 3.25. The van der Waals surface area contributed by atoms with E-state index in [0.29, 0.717) is 19.8 Å². The molecule has 0 fully saturated rings. The van der Waals surface area contributed by atoms with Crippen LogP contribution in [0.25, 0.3) is 0 Å². The van der Waals surface area contributed by atoms with Crippen molar-refractivity contribution in [1.29, 1.82) is 0 Å². The zero-order chi connectivity index (χ0) is 14.4. The fourth-order valence-corrected chi connectivity index (χ4v) is 2.14. The Kier molecular flexibility index (Phi) is 5.64. The van der Waals surface area contributed by atoms with E-state index in [0.717, 1.165) is 36.6 Å². The first kappa shape index (κ1) is 15.1. The van der Waals surface area contributed by atoms with Crippen LogP contribution in [0.4, 0.5) is 0 Å². The minimum Gasteiger partial charge on any atom is -0.486 e. The lowest BCUT2D eigenvalue weighted by molar-refractivity contribution is 0.163. The number of aliphatic hydroxyl groups is 1. The zero-order valence-corrected chi connectivity index (χ0v) is 12.3. The molecule has 0 amide bonds. The number of benzene rings is 1. The summed E-state index contributed by atoms with van der Waals surface area (Å²) in [7, 11) is 4.12. The molecule has 1 heterocycles. The van der Waals surface area contributed by atoms with Crippen LogP contribution in [0.1, 0.15) is 18.1 Å². The standard InChI is InChI=1S/C15H24N2O3/c1-17(2)7-3-6-16-11-13(18)12-4-5-14-15(10-12)20-9-8-19-14/h4-5,10,13,16,18H,3,6-9,11H2,1-2H3. The monoisotopic (exact) mass is 280 g/mol. The van der Waals surface area contributed by atoms with Crippen LogP contribution < -0.4 is 14.8 Å². The van der Waals surface area contributed by atoms with Gasteiger partial charge in [-0.1, -0.05) is 6.07 Å². The van der Waals surface area contributed by atoms with Gasteiger partial charge in [0.2, 0.25) is 0 Å². The van der Waals surface area contributed by atoms with Crippen molar-refractivity contribution in [2.75, 3.05) is 46.9 Å². The average Bonchev–Trinajstić information content (AvgIpc) is 2.46. The van der Waals surface area contributed by atoms with E-state index in [1.807, 2.05) is 18.2 Å². The minimum atomic E-state index is -0.523. The Hall–Kier alpha value is -1.30. The molecule has 112 valence electrons. The smallest absolute Gasteiger partial charge is 0.161 e. The molecule has 0 aromatic heterocycles. The van der Waals surface area contributed by atoms with E-state index >= 15 is 0 Å². The quantitative estimate of drug-likeness (QED) is 0.731. The van der Waals surface area contributed by atoms with Gasteiger partial charge in [-0.05, 0) is 51.3 Å². The lowest BCUT2D eigenvalue weighted by Crippen LogP contribution is -2.25. The number of hydrogen-bond acceptors (Lipinski definition) is 5. The maximum atomic E-state index is 10.2. The van der Waals surface area contributed by atoms with Crippen LogP contribution in [0.15, 0.2) is 18.2 Å². The van der Waals surface area contributed by atoms with Crippen LogP contribution in [-0.2, 0) is 0 Å². The topological polar surface area (TPSA) is 54.0 Å². The number of ether oxygens (including phenoxy) is 2. The van der Waals surface area contributed by atoms with Gasteiger partial charge in [0.05, 0.1) is 6.10 Å². The number of hydrogen-bond donors (Lipinski definition) is 2. The molecule has 0 bridgehead atoms. The zero-order valence-electron chi connectivity index (χ0n) is 12.3. The van der Waals surface area contributed by atoms with Crippen LogP contribution in [-0.4, -0.2) is 56.9 Å². The molecule has 0 spiro atoms. The summed E-state index contributed by atoms with van der Waals surface area (Å²) in [5.41, 5.74) is 0.856. The molecule has 0 radical (unpaired) electrons. The van der Waals surface area contributed by atoms with Crippen molar-refractivity contribution in [2.45, 2.75) is 12.5 Å². The SMILES string of the molecule is CN(C)CCCNCC(O)c1ccc2c(c1)OCCO2. The molecule has 1 atom stereocenters. The van der Waals surface area contributed by atoms with E-state index in [9.17, 15) is 5.11 Å². The number of nitrogens with one attached hydrogen (secondary N) is 1. The fourth-order valence-electron chi connectivity index (χ4n) is 2.14. The summed E-state index contributed by atoms with van der Waals surface area (Å²) in [4.78, 5) is 2.15. The summed E-state index contributed by atoms with van der Waals surface area (Å²) < 4.78 is 11.0. The van der Waals surface area contributed by atoms with Crippen LogP contribution >= 0.6 is 0 Å². The second kappa shape index (κ2) is 7.47. The lowest BCUT2D eigenvalue weighted by atomic mass is 10.1. The van der Waals surface area contributed by atoms with Gasteiger partial charge < -0.3 is 24.8 Å². The second-order valence-corrected chi connectivity index (χ2v) is 5.28. The summed E-state index contributed by atoms with van der Waals surface area (Å²) >= 11 is 0. The molecule has 5 nitrogen and oxygen atoms in total. The third kappa shape index (κ3) is 4.37. The second-order valence-electron chi connectivity index (χ2n) is 5.28. The van der Waals surface area contributed by atoms with Crippen LogP contribution in [0.2, 0.25) is 0 Å². The molecule has 5 heteroatoms. The van der Waals surface area contributed by atoms with Crippen molar-refractivity contribution in [2.24, 2.45) is 0 Å². The number of aliphatic hydroxyl groups excluding tert-OH is 1. The van der Waals surface area contributed by atoms with Gasteiger partial charge in [-0.3, -0.25) is 0 Å². The van der Waals surface area contributed by atoms with E-state index in [1.54, 1.807) is 0 Å². The maximum Gasteiger partial charge on any atom is 0.161 e. The summed E-state index contributed by atoms with van der Waals surface area (Å²) in [6, 6.07) is 5.61. The molecular formula is C15H24N2O3. The van der Waals surface area contributed by atoms with Crippen LogP contribution in [0.3, 0.4) is 0 Å². The van der Waals surface area contributed by atoms with Gasteiger partial charge in [0.1, 0.15) is 13.2 Å². The first-order valence-corrected chi connectivity index (χ1v) is 7.10. The van der Waals surface area contributed by atoms with Crippen LogP contribution in [0, 0.1) is 0 Å². The predicted octanol–water partition coefficient (Wildman–Crippen LogP) is 1.03. The number of nitrogens with zero attached hydrogens (tertiary/aromatic N) is 1. The third-order valence-electron chi connectivity index (χ3n) is 3.25. The Morgan fingerprint density at radius 2 is 2.00 bits per heavy atom. The van der Waals surface area contributed by atoms with Gasteiger partial charge in [0, 0.05) is 6.54 Å². The summed E-state index contributed by atoms with van der Waals surface area (Å²) in [6.07, 6.45) is 0.547. The van der Waals surface area contributed by atoms with E-state index in [-0.39, 0.29) is 0 Å². The number of rotatable bonds is 7. The molecule has 2 N–H and O–H groups in total. The summed E-state index contributed by atoms with van der Waals surface area (Å²) in [5, 5.41) is 13.4. The van der Waals surface area contributed by atoms with Crippen molar-refractivity contribution in [1.82, 2.24) is 10.2 Å². The normalized spacial score (nSPS) is 15.4. The van der Waals surface area contributed by atoms with Gasteiger partial charge in [0.25, 0.3) is 0 Å². The summed E-state index contributed by atoms with van der Waals surface area (Å²) in [6.45, 7) is 3.65. The largest absolute Gasteiger partial charge is 0.486 e. The molecule has 1 unspecified atom stereocenters. The molecule has 1 aliphatic heterocycles. The van der Waals surface area contributed by atoms with Crippen molar-refractivity contribution in [3.05, 3.63) is 23.8 Å². The van der Waals surface area contributed by atoms with Gasteiger partial charge in [-0.2, -0.15) is 0 Å². The summed E-state index contributed by atoms with van der Waals surface area (Å²) in [5.74, 6) is 1.48. The molecule has 1 aromatic rings. The lowest BCUT2D eigenvalue weighted by Gasteiger charge is -2.20. The van der Waals surface area contributed by atoms with E-state index in [4.69, 9.17) is 9.47 Å². The van der Waals surface area contributed by atoms with Crippen molar-refractivity contribution < 1.29 is 14.6 Å². The van der Waals surface area contributed by atoms with Gasteiger partial charge in [0.15, 0.2) is 11.5 Å². The highest BCUT2D eigenvalue weighted by atomic mass is 16.6. The Balaban J connectivity index is 1.79. The average molecular weight is 280 g/mol. The van der Waals surface area contributed by atoms with Gasteiger partial charge >= 0.3 is 0 Å². The number of fused-ring (bicyclic) bond motifs is 1. The molecule has 1 aliphatic rings. The van der Waals surface area contributed by atoms with Crippen molar-refractivity contribution in [3.63, 3.8) is 0 Å². The Morgan fingerprint density at radius 1 is 1.25 bits per heavy atom. The fraction of sp³-hybridized carbons (Fsp3) is 0.600. The van der Waals surface area contributed by atoms with Crippen LogP contribution in [0.5, 0.6) is 11.5 Å². The van der Waals surface area contributed by atoms with Gasteiger partial charge in [-0.25, -0.2) is 0 Å². The van der Waals surface area contributed by atoms with Crippen molar-refractivity contribution in [3.8, 4) is 11.5 Å².